The summed E-state index contributed by atoms with van der Waals surface area (Å²) in [6.45, 7) is 2.03. The van der Waals surface area contributed by atoms with Gasteiger partial charge < -0.3 is 14.6 Å². The largest absolute Gasteiger partial charge is 0.493 e. The first kappa shape index (κ1) is 14.6. The molecule has 0 amide bonds. The van der Waals surface area contributed by atoms with E-state index >= 15 is 0 Å². The van der Waals surface area contributed by atoms with Crippen LogP contribution in [0.25, 0.3) is 0 Å². The van der Waals surface area contributed by atoms with E-state index in [1.807, 2.05) is 6.92 Å². The van der Waals surface area contributed by atoms with Gasteiger partial charge in [0.2, 0.25) is 0 Å². The van der Waals surface area contributed by atoms with Crippen LogP contribution in [0.5, 0.6) is 11.5 Å². The van der Waals surface area contributed by atoms with Crippen LogP contribution in [0.2, 0.25) is 0 Å². The second-order valence-corrected chi connectivity index (χ2v) is 5.29. The summed E-state index contributed by atoms with van der Waals surface area (Å²) in [4.78, 5) is 0. The Morgan fingerprint density at radius 1 is 1.45 bits per heavy atom. The number of nitrogens with one attached hydrogen (secondary N) is 1. The summed E-state index contributed by atoms with van der Waals surface area (Å²) >= 11 is 0. The molecule has 0 aromatic heterocycles. The summed E-state index contributed by atoms with van der Waals surface area (Å²) in [5.41, 5.74) is 0.0512. The van der Waals surface area contributed by atoms with Crippen LogP contribution in [0.4, 0.5) is 0 Å². The monoisotopic (exact) mass is 276 g/mol. The number of benzene rings is 1. The fourth-order valence-electron chi connectivity index (χ4n) is 1.94. The predicted octanol–water partition coefficient (Wildman–Crippen LogP) is 1.60. The topological polar surface area (TPSA) is 74.5 Å². The van der Waals surface area contributed by atoms with Crippen LogP contribution in [-0.4, -0.2) is 30.4 Å². The average Bonchev–Trinajstić information content (AvgIpc) is 3.28. The molecule has 1 unspecified atom stereocenters. The lowest BCUT2D eigenvalue weighted by molar-refractivity contribution is 0.223. The Morgan fingerprint density at radius 3 is 2.75 bits per heavy atom. The quantitative estimate of drug-likeness (QED) is 0.791. The molecule has 2 N–H and O–H groups in total. The van der Waals surface area contributed by atoms with E-state index in [4.69, 9.17) is 14.6 Å². The molecule has 1 saturated carbocycles. The number of nitriles is 1. The summed E-state index contributed by atoms with van der Waals surface area (Å²) in [5.74, 6) is 1.13. The molecule has 1 aromatic carbocycles. The zero-order valence-corrected chi connectivity index (χ0v) is 11.8. The van der Waals surface area contributed by atoms with Crippen LogP contribution < -0.4 is 14.8 Å². The Balaban J connectivity index is 2.03. The molecule has 0 heterocycles. The van der Waals surface area contributed by atoms with Crippen LogP contribution in [0.3, 0.4) is 0 Å². The van der Waals surface area contributed by atoms with Crippen molar-refractivity contribution in [3.05, 3.63) is 23.8 Å². The SMILES string of the molecule is COc1cc(CO)ccc1OCC(C)(C#N)NC1CC1. The minimum Gasteiger partial charge on any atom is -0.493 e. The van der Waals surface area contributed by atoms with Gasteiger partial charge in [-0.3, -0.25) is 5.32 Å². The van der Waals surface area contributed by atoms with Gasteiger partial charge in [-0.15, -0.1) is 0 Å². The lowest BCUT2D eigenvalue weighted by Crippen LogP contribution is -2.47. The maximum atomic E-state index is 9.29. The maximum absolute atomic E-state index is 9.29. The van der Waals surface area contributed by atoms with E-state index in [0.29, 0.717) is 17.5 Å². The second kappa shape index (κ2) is 6.12. The first-order valence-electron chi connectivity index (χ1n) is 6.70. The molecule has 20 heavy (non-hydrogen) atoms. The molecular weight excluding hydrogens is 256 g/mol. The van der Waals surface area contributed by atoms with Crippen molar-refractivity contribution < 1.29 is 14.6 Å². The van der Waals surface area contributed by atoms with Crippen LogP contribution in [-0.2, 0) is 6.61 Å². The van der Waals surface area contributed by atoms with Crippen molar-refractivity contribution in [3.8, 4) is 17.6 Å². The van der Waals surface area contributed by atoms with E-state index in [2.05, 4.69) is 11.4 Å². The van der Waals surface area contributed by atoms with Gasteiger partial charge in [0, 0.05) is 6.04 Å². The van der Waals surface area contributed by atoms with Gasteiger partial charge in [-0.05, 0) is 37.5 Å². The molecule has 0 spiro atoms. The molecule has 1 aromatic rings. The number of ether oxygens (including phenoxy) is 2. The first-order chi connectivity index (χ1) is 9.60. The minimum absolute atomic E-state index is 0.0458. The van der Waals surface area contributed by atoms with E-state index in [-0.39, 0.29) is 13.2 Å². The lowest BCUT2D eigenvalue weighted by atomic mass is 10.1. The number of aliphatic hydroxyl groups is 1. The van der Waals surface area contributed by atoms with E-state index in [9.17, 15) is 5.26 Å². The molecule has 1 aliphatic rings. The summed E-state index contributed by atoms with van der Waals surface area (Å²) in [6, 6.07) is 7.95. The average molecular weight is 276 g/mol. The number of aliphatic hydroxyl groups excluding tert-OH is 1. The highest BCUT2D eigenvalue weighted by molar-refractivity contribution is 5.43. The van der Waals surface area contributed by atoms with Gasteiger partial charge in [0.25, 0.3) is 0 Å². The molecule has 2 rings (SSSR count). The van der Waals surface area contributed by atoms with Crippen molar-refractivity contribution in [2.75, 3.05) is 13.7 Å². The van der Waals surface area contributed by atoms with Crippen LogP contribution in [0.15, 0.2) is 18.2 Å². The molecule has 0 bridgehead atoms. The summed E-state index contributed by atoms with van der Waals surface area (Å²) in [5, 5.41) is 21.7. The smallest absolute Gasteiger partial charge is 0.161 e. The second-order valence-electron chi connectivity index (χ2n) is 5.29. The Morgan fingerprint density at radius 2 is 2.20 bits per heavy atom. The standard InChI is InChI=1S/C15H20N2O3/c1-15(9-16,17-12-4-5-12)10-20-13-6-3-11(8-18)7-14(13)19-2/h3,6-7,12,17-18H,4-5,8,10H2,1-2H3. The molecule has 0 aliphatic heterocycles. The van der Waals surface area contributed by atoms with Crippen molar-refractivity contribution in [2.45, 2.75) is 38.0 Å². The molecule has 1 fully saturated rings. The molecule has 108 valence electrons. The number of hydrogen-bond donors (Lipinski definition) is 2. The molecule has 1 aliphatic carbocycles. The Hall–Kier alpha value is -1.77. The van der Waals surface area contributed by atoms with Gasteiger partial charge in [0.1, 0.15) is 12.1 Å². The highest BCUT2D eigenvalue weighted by Crippen LogP contribution is 2.29. The first-order valence-corrected chi connectivity index (χ1v) is 6.70. The fourth-order valence-corrected chi connectivity index (χ4v) is 1.94. The van der Waals surface area contributed by atoms with Crippen molar-refractivity contribution in [1.82, 2.24) is 5.32 Å². The molecule has 0 saturated heterocycles. The van der Waals surface area contributed by atoms with Crippen LogP contribution >= 0.6 is 0 Å². The van der Waals surface area contributed by atoms with E-state index in [0.717, 1.165) is 18.4 Å². The number of methoxy groups -OCH3 is 1. The Kier molecular flexibility index (Phi) is 4.48. The third-order valence-electron chi connectivity index (χ3n) is 3.27. The fraction of sp³-hybridized carbons (Fsp3) is 0.533. The van der Waals surface area contributed by atoms with Crippen molar-refractivity contribution in [1.29, 1.82) is 5.26 Å². The Labute approximate surface area is 119 Å². The Bertz CT molecular complexity index is 508. The molecule has 5 heteroatoms. The van der Waals surface area contributed by atoms with Gasteiger partial charge in [0.05, 0.1) is 19.8 Å². The van der Waals surface area contributed by atoms with Crippen LogP contribution in [0, 0.1) is 11.3 Å². The van der Waals surface area contributed by atoms with Gasteiger partial charge in [-0.2, -0.15) is 5.26 Å². The molecule has 1 atom stereocenters. The minimum atomic E-state index is -0.707. The van der Waals surface area contributed by atoms with Crippen molar-refractivity contribution in [2.24, 2.45) is 0 Å². The summed E-state index contributed by atoms with van der Waals surface area (Å²) < 4.78 is 11.0. The number of nitrogens with zero attached hydrogens (tertiary/aromatic N) is 1. The number of hydrogen-bond acceptors (Lipinski definition) is 5. The van der Waals surface area contributed by atoms with Gasteiger partial charge in [-0.25, -0.2) is 0 Å². The molecule has 0 radical (unpaired) electrons. The van der Waals surface area contributed by atoms with Gasteiger partial charge in [-0.1, -0.05) is 6.07 Å². The van der Waals surface area contributed by atoms with E-state index in [1.54, 1.807) is 25.3 Å². The van der Waals surface area contributed by atoms with Gasteiger partial charge >= 0.3 is 0 Å². The van der Waals surface area contributed by atoms with Crippen molar-refractivity contribution >= 4 is 0 Å². The summed E-state index contributed by atoms with van der Waals surface area (Å²) in [6.07, 6.45) is 2.23. The van der Waals surface area contributed by atoms with Crippen LogP contribution in [0.1, 0.15) is 25.3 Å². The molecular formula is C15H20N2O3. The molecule has 5 nitrogen and oxygen atoms in total. The third kappa shape index (κ3) is 3.62. The lowest BCUT2D eigenvalue weighted by Gasteiger charge is -2.24. The third-order valence-corrected chi connectivity index (χ3v) is 3.27. The maximum Gasteiger partial charge on any atom is 0.161 e. The normalized spacial score (nSPS) is 17.1. The predicted molar refractivity (Wildman–Crippen MR) is 74.6 cm³/mol. The zero-order chi connectivity index (χ0) is 14.6. The van der Waals surface area contributed by atoms with E-state index < -0.39 is 5.54 Å². The van der Waals surface area contributed by atoms with Crippen molar-refractivity contribution in [3.63, 3.8) is 0 Å². The van der Waals surface area contributed by atoms with Gasteiger partial charge in [0.15, 0.2) is 11.5 Å². The highest BCUT2D eigenvalue weighted by Gasteiger charge is 2.33. The number of rotatable bonds is 7. The highest BCUT2D eigenvalue weighted by atomic mass is 16.5. The summed E-state index contributed by atoms with van der Waals surface area (Å²) in [7, 11) is 1.55. The van der Waals surface area contributed by atoms with E-state index in [1.165, 1.54) is 0 Å². The zero-order valence-electron chi connectivity index (χ0n) is 11.8.